The predicted octanol–water partition coefficient (Wildman–Crippen LogP) is 5.11. The highest BCUT2D eigenvalue weighted by Crippen LogP contribution is 2.37. The van der Waals surface area contributed by atoms with E-state index < -0.39 is 0 Å². The molecule has 1 heterocycles. The third kappa shape index (κ3) is 3.42. The van der Waals surface area contributed by atoms with E-state index in [-0.39, 0.29) is 5.82 Å². The van der Waals surface area contributed by atoms with Gasteiger partial charge in [0.05, 0.1) is 0 Å². The number of hydrogen-bond acceptors (Lipinski definition) is 2. The Kier molecular flexibility index (Phi) is 4.53. The van der Waals surface area contributed by atoms with Crippen molar-refractivity contribution in [1.29, 1.82) is 0 Å². The van der Waals surface area contributed by atoms with Crippen LogP contribution in [0.4, 0.5) is 4.39 Å². The maximum absolute atomic E-state index is 13.3. The number of thioether (sulfide) groups is 1. The third-order valence-electron chi connectivity index (χ3n) is 3.79. The Morgan fingerprint density at radius 1 is 1.29 bits per heavy atom. The molecule has 0 aliphatic carbocycles. The average Bonchev–Trinajstić information content (AvgIpc) is 2.48. The molecule has 2 aromatic rings. The lowest BCUT2D eigenvalue weighted by Gasteiger charge is -2.26. The van der Waals surface area contributed by atoms with Gasteiger partial charge in [-0.3, -0.25) is 0 Å². The molecule has 4 heteroatoms. The highest BCUT2D eigenvalue weighted by atomic mass is 35.5. The molecule has 1 N–H and O–H groups in total. The van der Waals surface area contributed by atoms with E-state index in [0.717, 1.165) is 29.3 Å². The highest BCUT2D eigenvalue weighted by Gasteiger charge is 2.20. The normalized spacial score (nSPS) is 17.6. The topological polar surface area (TPSA) is 12.0 Å². The number of benzene rings is 2. The first-order valence-electron chi connectivity index (χ1n) is 7.04. The van der Waals surface area contributed by atoms with Gasteiger partial charge < -0.3 is 5.32 Å². The van der Waals surface area contributed by atoms with Gasteiger partial charge in [-0.05, 0) is 60.1 Å². The van der Waals surface area contributed by atoms with Crippen molar-refractivity contribution in [3.05, 3.63) is 63.9 Å². The molecule has 3 rings (SSSR count). The summed E-state index contributed by atoms with van der Waals surface area (Å²) in [5.74, 6) is 0.958. The molecule has 1 aliphatic rings. The first-order valence-corrected chi connectivity index (χ1v) is 8.40. The van der Waals surface area contributed by atoms with Crippen molar-refractivity contribution in [1.82, 2.24) is 5.32 Å². The molecule has 21 heavy (non-hydrogen) atoms. The first kappa shape index (κ1) is 14.9. The highest BCUT2D eigenvalue weighted by molar-refractivity contribution is 7.99. The Bertz CT molecular complexity index is 659. The molecule has 110 valence electrons. The van der Waals surface area contributed by atoms with Crippen molar-refractivity contribution in [2.75, 3.05) is 5.75 Å². The van der Waals surface area contributed by atoms with Gasteiger partial charge in [0.2, 0.25) is 0 Å². The molecular weight excluding hydrogens is 305 g/mol. The van der Waals surface area contributed by atoms with Crippen LogP contribution in [0.15, 0.2) is 41.3 Å². The Labute approximate surface area is 133 Å². The Hall–Kier alpha value is -1.03. The molecular formula is C17H17ClFNS. The zero-order valence-electron chi connectivity index (χ0n) is 11.8. The Morgan fingerprint density at radius 3 is 2.95 bits per heavy atom. The predicted molar refractivity (Wildman–Crippen MR) is 87.5 cm³/mol. The molecule has 0 spiro atoms. The smallest absolute Gasteiger partial charge is 0.126 e. The van der Waals surface area contributed by atoms with E-state index in [0.29, 0.717) is 11.6 Å². The Morgan fingerprint density at radius 2 is 2.14 bits per heavy atom. The van der Waals surface area contributed by atoms with Crippen molar-refractivity contribution in [2.24, 2.45) is 0 Å². The summed E-state index contributed by atoms with van der Waals surface area (Å²) in [7, 11) is 0. The van der Waals surface area contributed by atoms with Crippen LogP contribution in [0.1, 0.15) is 29.2 Å². The lowest BCUT2D eigenvalue weighted by molar-refractivity contribution is 0.509. The van der Waals surface area contributed by atoms with Gasteiger partial charge >= 0.3 is 0 Å². The van der Waals surface area contributed by atoms with Gasteiger partial charge in [0.25, 0.3) is 0 Å². The standard InChI is InChI=1S/C17H17ClFNS/c1-11-8-12(2-4-15(11)19)10-20-16-6-7-21-17-5-3-13(18)9-14(16)17/h2-5,8-9,16,20H,6-7,10H2,1H3. The van der Waals surface area contributed by atoms with Gasteiger partial charge in [0.15, 0.2) is 0 Å². The van der Waals surface area contributed by atoms with E-state index in [4.69, 9.17) is 11.6 Å². The van der Waals surface area contributed by atoms with Crippen molar-refractivity contribution in [3.63, 3.8) is 0 Å². The zero-order chi connectivity index (χ0) is 14.8. The maximum Gasteiger partial charge on any atom is 0.126 e. The average molecular weight is 322 g/mol. The van der Waals surface area contributed by atoms with Gasteiger partial charge in [-0.15, -0.1) is 11.8 Å². The van der Waals surface area contributed by atoms with Crippen molar-refractivity contribution < 1.29 is 4.39 Å². The number of aryl methyl sites for hydroxylation is 1. The lowest BCUT2D eigenvalue weighted by Crippen LogP contribution is -2.24. The molecule has 0 aromatic heterocycles. The van der Waals surface area contributed by atoms with Gasteiger partial charge in [-0.25, -0.2) is 4.39 Å². The summed E-state index contributed by atoms with van der Waals surface area (Å²) in [5.41, 5.74) is 3.07. The minimum absolute atomic E-state index is 0.148. The van der Waals surface area contributed by atoms with E-state index in [1.54, 1.807) is 6.92 Å². The van der Waals surface area contributed by atoms with Crippen molar-refractivity contribution in [3.8, 4) is 0 Å². The minimum atomic E-state index is -0.148. The number of nitrogens with one attached hydrogen (secondary N) is 1. The van der Waals surface area contributed by atoms with Crippen LogP contribution in [0, 0.1) is 12.7 Å². The van der Waals surface area contributed by atoms with Crippen LogP contribution in [0.25, 0.3) is 0 Å². The van der Waals surface area contributed by atoms with Crippen molar-refractivity contribution >= 4 is 23.4 Å². The molecule has 1 atom stereocenters. The monoisotopic (exact) mass is 321 g/mol. The van der Waals surface area contributed by atoms with Crippen molar-refractivity contribution in [2.45, 2.75) is 30.8 Å². The second kappa shape index (κ2) is 6.39. The van der Waals surface area contributed by atoms with Crippen LogP contribution < -0.4 is 5.32 Å². The molecule has 0 radical (unpaired) electrons. The van der Waals surface area contributed by atoms with Crippen LogP contribution in [0.2, 0.25) is 5.02 Å². The van der Waals surface area contributed by atoms with Gasteiger partial charge in [0.1, 0.15) is 5.82 Å². The largest absolute Gasteiger partial charge is 0.306 e. The second-order valence-corrected chi connectivity index (χ2v) is 6.91. The molecule has 1 aliphatic heterocycles. The summed E-state index contributed by atoms with van der Waals surface area (Å²) in [6.45, 7) is 2.54. The number of fused-ring (bicyclic) bond motifs is 1. The molecule has 2 aromatic carbocycles. The van der Waals surface area contributed by atoms with E-state index in [2.05, 4.69) is 17.4 Å². The van der Waals surface area contributed by atoms with Gasteiger partial charge in [-0.1, -0.05) is 23.7 Å². The first-order chi connectivity index (χ1) is 10.1. The minimum Gasteiger partial charge on any atom is -0.306 e. The quantitative estimate of drug-likeness (QED) is 0.842. The van der Waals surface area contributed by atoms with Crippen LogP contribution in [-0.2, 0) is 6.54 Å². The van der Waals surface area contributed by atoms with Crippen LogP contribution in [-0.4, -0.2) is 5.75 Å². The summed E-state index contributed by atoms with van der Waals surface area (Å²) >= 11 is 8.00. The molecule has 0 saturated carbocycles. The van der Waals surface area contributed by atoms with Crippen LogP contribution in [0.3, 0.4) is 0 Å². The third-order valence-corrected chi connectivity index (χ3v) is 5.14. The molecule has 0 bridgehead atoms. The number of hydrogen-bond donors (Lipinski definition) is 1. The van der Waals surface area contributed by atoms with Crippen LogP contribution >= 0.6 is 23.4 Å². The van der Waals surface area contributed by atoms with E-state index in [1.807, 2.05) is 30.0 Å². The summed E-state index contributed by atoms with van der Waals surface area (Å²) in [6, 6.07) is 11.7. The molecule has 0 amide bonds. The van der Waals surface area contributed by atoms with E-state index >= 15 is 0 Å². The fourth-order valence-corrected chi connectivity index (χ4v) is 3.92. The number of halogens is 2. The van der Waals surface area contributed by atoms with Gasteiger partial charge in [0, 0.05) is 22.5 Å². The van der Waals surface area contributed by atoms with E-state index in [9.17, 15) is 4.39 Å². The summed E-state index contributed by atoms with van der Waals surface area (Å²) in [5, 5.41) is 4.35. The SMILES string of the molecule is Cc1cc(CNC2CCSc3ccc(Cl)cc32)ccc1F. The summed E-state index contributed by atoms with van der Waals surface area (Å²) in [4.78, 5) is 1.30. The molecule has 1 nitrogen and oxygen atoms in total. The summed E-state index contributed by atoms with van der Waals surface area (Å²) < 4.78 is 13.3. The molecule has 1 unspecified atom stereocenters. The van der Waals surface area contributed by atoms with Gasteiger partial charge in [-0.2, -0.15) is 0 Å². The lowest BCUT2D eigenvalue weighted by atomic mass is 10.0. The second-order valence-electron chi connectivity index (χ2n) is 5.34. The Balaban J connectivity index is 1.74. The molecule has 0 fully saturated rings. The maximum atomic E-state index is 13.3. The number of rotatable bonds is 3. The summed E-state index contributed by atoms with van der Waals surface area (Å²) in [6.07, 6.45) is 1.08. The molecule has 0 saturated heterocycles. The fourth-order valence-electron chi connectivity index (χ4n) is 2.64. The van der Waals surface area contributed by atoms with E-state index in [1.165, 1.54) is 16.5 Å². The van der Waals surface area contributed by atoms with Crippen LogP contribution in [0.5, 0.6) is 0 Å². The zero-order valence-corrected chi connectivity index (χ0v) is 13.4. The fraction of sp³-hybridized carbons (Fsp3) is 0.294.